The Hall–Kier alpha value is -2.03. The van der Waals surface area contributed by atoms with Crippen LogP contribution in [0.25, 0.3) is 11.3 Å². The highest BCUT2D eigenvalue weighted by Crippen LogP contribution is 2.26. The molecule has 1 heterocycles. The topological polar surface area (TPSA) is 31.2 Å². The summed E-state index contributed by atoms with van der Waals surface area (Å²) in [7, 11) is 1.40. The van der Waals surface area contributed by atoms with Gasteiger partial charge in [-0.2, -0.15) is 0 Å². The fourth-order valence-corrected chi connectivity index (χ4v) is 2.12. The Morgan fingerprint density at radius 3 is 2.33 bits per heavy atom. The largest absolute Gasteiger partial charge is 0.464 e. The van der Waals surface area contributed by atoms with Crippen molar-refractivity contribution in [1.29, 1.82) is 0 Å². The molecule has 0 unspecified atom stereocenters. The minimum atomic E-state index is -0.300. The lowest BCUT2D eigenvalue weighted by Gasteiger charge is -2.16. The lowest BCUT2D eigenvalue weighted by atomic mass is 10.1. The Bertz CT molecular complexity index is 541. The van der Waals surface area contributed by atoms with Crippen LogP contribution in [0.2, 0.25) is 0 Å². The molecular formula is C15H17NO2. The van der Waals surface area contributed by atoms with Gasteiger partial charge in [0, 0.05) is 11.7 Å². The van der Waals surface area contributed by atoms with Crippen LogP contribution in [-0.4, -0.2) is 17.6 Å². The molecule has 0 saturated carbocycles. The quantitative estimate of drug-likeness (QED) is 0.772. The van der Waals surface area contributed by atoms with Crippen molar-refractivity contribution in [3.8, 4) is 11.3 Å². The van der Waals surface area contributed by atoms with E-state index in [-0.39, 0.29) is 12.0 Å². The number of carbonyl (C=O) groups excluding carboxylic acids is 1. The minimum absolute atomic E-state index is 0.198. The SMILES string of the molecule is COC(=O)c1ccc(-c2ccccc2)n1C(C)C. The minimum Gasteiger partial charge on any atom is -0.464 e. The highest BCUT2D eigenvalue weighted by atomic mass is 16.5. The maximum atomic E-state index is 11.7. The van der Waals surface area contributed by atoms with E-state index < -0.39 is 0 Å². The lowest BCUT2D eigenvalue weighted by molar-refractivity contribution is 0.0587. The molecule has 0 aliphatic carbocycles. The van der Waals surface area contributed by atoms with Gasteiger partial charge in [0.25, 0.3) is 0 Å². The molecule has 0 spiro atoms. The van der Waals surface area contributed by atoms with E-state index in [2.05, 4.69) is 13.8 Å². The number of rotatable bonds is 3. The van der Waals surface area contributed by atoms with Crippen LogP contribution in [0.4, 0.5) is 0 Å². The lowest BCUT2D eigenvalue weighted by Crippen LogP contribution is -2.13. The molecular weight excluding hydrogens is 226 g/mol. The van der Waals surface area contributed by atoms with Crippen LogP contribution in [0.1, 0.15) is 30.4 Å². The molecule has 1 aromatic heterocycles. The first kappa shape index (κ1) is 12.4. The van der Waals surface area contributed by atoms with Gasteiger partial charge in [-0.15, -0.1) is 0 Å². The molecule has 2 aromatic rings. The predicted molar refractivity (Wildman–Crippen MR) is 71.6 cm³/mol. The summed E-state index contributed by atoms with van der Waals surface area (Å²) in [6.45, 7) is 4.11. The third kappa shape index (κ3) is 2.16. The highest BCUT2D eigenvalue weighted by Gasteiger charge is 2.18. The van der Waals surface area contributed by atoms with Gasteiger partial charge in [-0.05, 0) is 31.5 Å². The normalized spacial score (nSPS) is 10.7. The van der Waals surface area contributed by atoms with Crippen LogP contribution in [0.3, 0.4) is 0 Å². The zero-order valence-electron chi connectivity index (χ0n) is 10.9. The predicted octanol–water partition coefficient (Wildman–Crippen LogP) is 3.52. The average Bonchev–Trinajstić information content (AvgIpc) is 2.83. The summed E-state index contributed by atoms with van der Waals surface area (Å²) in [6.07, 6.45) is 0. The van der Waals surface area contributed by atoms with E-state index in [4.69, 9.17) is 4.74 Å². The number of hydrogen-bond acceptors (Lipinski definition) is 2. The van der Waals surface area contributed by atoms with Gasteiger partial charge in [0.2, 0.25) is 0 Å². The Morgan fingerprint density at radius 1 is 1.11 bits per heavy atom. The molecule has 94 valence electrons. The number of esters is 1. The maximum absolute atomic E-state index is 11.7. The first-order valence-electron chi connectivity index (χ1n) is 6.00. The molecule has 2 rings (SSSR count). The molecule has 0 fully saturated rings. The molecule has 0 bridgehead atoms. The van der Waals surface area contributed by atoms with Gasteiger partial charge in [-0.25, -0.2) is 4.79 Å². The van der Waals surface area contributed by atoms with E-state index in [0.29, 0.717) is 5.69 Å². The zero-order chi connectivity index (χ0) is 13.1. The molecule has 1 aromatic carbocycles. The summed E-state index contributed by atoms with van der Waals surface area (Å²) >= 11 is 0. The Balaban J connectivity index is 2.56. The maximum Gasteiger partial charge on any atom is 0.354 e. The fourth-order valence-electron chi connectivity index (χ4n) is 2.12. The van der Waals surface area contributed by atoms with E-state index in [0.717, 1.165) is 11.3 Å². The number of carbonyl (C=O) groups is 1. The first-order chi connectivity index (χ1) is 8.65. The second kappa shape index (κ2) is 5.08. The van der Waals surface area contributed by atoms with E-state index in [1.807, 2.05) is 47.0 Å². The molecule has 0 saturated heterocycles. The smallest absolute Gasteiger partial charge is 0.354 e. The van der Waals surface area contributed by atoms with Gasteiger partial charge in [0.15, 0.2) is 0 Å². The van der Waals surface area contributed by atoms with Crippen molar-refractivity contribution in [2.75, 3.05) is 7.11 Å². The number of ether oxygens (including phenoxy) is 1. The van der Waals surface area contributed by atoms with Gasteiger partial charge < -0.3 is 9.30 Å². The van der Waals surface area contributed by atoms with Gasteiger partial charge in [-0.3, -0.25) is 0 Å². The summed E-state index contributed by atoms with van der Waals surface area (Å²) in [5.41, 5.74) is 2.72. The third-order valence-corrected chi connectivity index (χ3v) is 2.90. The molecule has 0 aliphatic rings. The highest BCUT2D eigenvalue weighted by molar-refractivity contribution is 5.89. The van der Waals surface area contributed by atoms with E-state index in [1.54, 1.807) is 0 Å². The molecule has 18 heavy (non-hydrogen) atoms. The second-order valence-corrected chi connectivity index (χ2v) is 4.43. The zero-order valence-corrected chi connectivity index (χ0v) is 10.9. The number of hydrogen-bond donors (Lipinski definition) is 0. The standard InChI is InChI=1S/C15H17NO2/c1-11(2)16-13(12-7-5-4-6-8-12)9-10-14(16)15(17)18-3/h4-11H,1-3H3. The van der Waals surface area contributed by atoms with Crippen LogP contribution in [-0.2, 0) is 4.74 Å². The molecule has 0 aliphatic heterocycles. The van der Waals surface area contributed by atoms with Crippen molar-refractivity contribution in [3.05, 3.63) is 48.2 Å². The third-order valence-electron chi connectivity index (χ3n) is 2.90. The Labute approximate surface area is 107 Å². The number of methoxy groups -OCH3 is 1. The summed E-state index contributed by atoms with van der Waals surface area (Å²) in [5.74, 6) is -0.300. The molecule has 3 heteroatoms. The van der Waals surface area contributed by atoms with Gasteiger partial charge in [0.1, 0.15) is 5.69 Å². The monoisotopic (exact) mass is 243 g/mol. The summed E-state index contributed by atoms with van der Waals surface area (Å²) in [5, 5.41) is 0. The van der Waals surface area contributed by atoms with Crippen molar-refractivity contribution >= 4 is 5.97 Å². The number of nitrogens with zero attached hydrogens (tertiary/aromatic N) is 1. The molecule has 3 nitrogen and oxygen atoms in total. The van der Waals surface area contributed by atoms with Crippen molar-refractivity contribution in [3.63, 3.8) is 0 Å². The van der Waals surface area contributed by atoms with Crippen molar-refractivity contribution in [2.45, 2.75) is 19.9 Å². The fraction of sp³-hybridized carbons (Fsp3) is 0.267. The van der Waals surface area contributed by atoms with Crippen molar-refractivity contribution in [2.24, 2.45) is 0 Å². The molecule has 0 amide bonds. The van der Waals surface area contributed by atoms with Crippen LogP contribution in [0, 0.1) is 0 Å². The van der Waals surface area contributed by atoms with Gasteiger partial charge in [-0.1, -0.05) is 30.3 Å². The summed E-state index contributed by atoms with van der Waals surface area (Å²) < 4.78 is 6.82. The second-order valence-electron chi connectivity index (χ2n) is 4.43. The van der Waals surface area contributed by atoms with Crippen LogP contribution >= 0.6 is 0 Å². The molecule has 0 atom stereocenters. The van der Waals surface area contributed by atoms with Crippen LogP contribution < -0.4 is 0 Å². The van der Waals surface area contributed by atoms with Crippen LogP contribution in [0.15, 0.2) is 42.5 Å². The Morgan fingerprint density at radius 2 is 1.78 bits per heavy atom. The van der Waals surface area contributed by atoms with Gasteiger partial charge in [0.05, 0.1) is 7.11 Å². The van der Waals surface area contributed by atoms with E-state index in [9.17, 15) is 4.79 Å². The number of benzene rings is 1. The first-order valence-corrected chi connectivity index (χ1v) is 6.00. The van der Waals surface area contributed by atoms with E-state index >= 15 is 0 Å². The van der Waals surface area contributed by atoms with E-state index in [1.165, 1.54) is 7.11 Å². The molecule has 0 radical (unpaired) electrons. The molecule has 0 N–H and O–H groups in total. The Kier molecular flexibility index (Phi) is 3.51. The number of aromatic nitrogens is 1. The van der Waals surface area contributed by atoms with Crippen LogP contribution in [0.5, 0.6) is 0 Å². The van der Waals surface area contributed by atoms with Gasteiger partial charge >= 0.3 is 5.97 Å². The van der Waals surface area contributed by atoms with Crippen molar-refractivity contribution < 1.29 is 9.53 Å². The average molecular weight is 243 g/mol. The summed E-state index contributed by atoms with van der Waals surface area (Å²) in [6, 6.07) is 14.0. The summed E-state index contributed by atoms with van der Waals surface area (Å²) in [4.78, 5) is 11.7. The van der Waals surface area contributed by atoms with Crippen molar-refractivity contribution in [1.82, 2.24) is 4.57 Å².